The summed E-state index contributed by atoms with van der Waals surface area (Å²) in [6.45, 7) is 3.28. The van der Waals surface area contributed by atoms with E-state index in [-0.39, 0.29) is 16.9 Å². The number of ether oxygens (including phenoxy) is 2. The van der Waals surface area contributed by atoms with E-state index in [1.807, 2.05) is 36.1 Å². The summed E-state index contributed by atoms with van der Waals surface area (Å²) >= 11 is 6.39. The number of hydrogen-bond acceptors (Lipinski definition) is 6. The minimum absolute atomic E-state index is 0.0656. The van der Waals surface area contributed by atoms with Crippen molar-refractivity contribution in [3.8, 4) is 17.3 Å². The molecule has 4 rings (SSSR count). The zero-order chi connectivity index (χ0) is 23.6. The number of aromatic nitrogens is 3. The van der Waals surface area contributed by atoms with Crippen LogP contribution in [-0.4, -0.2) is 40.6 Å². The lowest BCUT2D eigenvalue weighted by atomic mass is 10.2. The van der Waals surface area contributed by atoms with E-state index in [0.717, 1.165) is 23.2 Å². The molecular weight excluding hydrogens is 461 g/mol. The fourth-order valence-corrected chi connectivity index (χ4v) is 3.71. The molecule has 0 N–H and O–H groups in total. The smallest absolute Gasteiger partial charge is 0.417 e. The van der Waals surface area contributed by atoms with Crippen molar-refractivity contribution in [3.05, 3.63) is 69.7 Å². The van der Waals surface area contributed by atoms with Gasteiger partial charge < -0.3 is 14.4 Å². The van der Waals surface area contributed by atoms with Crippen molar-refractivity contribution in [2.24, 2.45) is 0 Å². The summed E-state index contributed by atoms with van der Waals surface area (Å²) in [5.74, 6) is 1.24. The summed E-state index contributed by atoms with van der Waals surface area (Å²) in [4.78, 5) is 18.5. The summed E-state index contributed by atoms with van der Waals surface area (Å²) in [6, 6.07) is 9.26. The van der Waals surface area contributed by atoms with Gasteiger partial charge in [0.05, 0.1) is 24.0 Å². The highest BCUT2D eigenvalue weighted by molar-refractivity contribution is 6.33. The highest BCUT2D eigenvalue weighted by Gasteiger charge is 2.31. The summed E-state index contributed by atoms with van der Waals surface area (Å²) < 4.78 is 51.0. The predicted molar refractivity (Wildman–Crippen MR) is 116 cm³/mol. The van der Waals surface area contributed by atoms with Crippen molar-refractivity contribution >= 4 is 17.3 Å². The number of hydrogen-bond donors (Lipinski definition) is 0. The first-order valence-electron chi connectivity index (χ1n) is 10.2. The maximum absolute atomic E-state index is 12.9. The summed E-state index contributed by atoms with van der Waals surface area (Å²) in [5, 5.41) is 3.98. The van der Waals surface area contributed by atoms with Gasteiger partial charge in [-0.25, -0.2) is 4.98 Å². The van der Waals surface area contributed by atoms with Gasteiger partial charge in [-0.2, -0.15) is 23.0 Å². The van der Waals surface area contributed by atoms with Crippen LogP contribution in [0.3, 0.4) is 0 Å². The number of benzene rings is 1. The van der Waals surface area contributed by atoms with Crippen LogP contribution in [0.5, 0.6) is 11.5 Å². The second kappa shape index (κ2) is 9.30. The second-order valence-corrected chi connectivity index (χ2v) is 7.79. The van der Waals surface area contributed by atoms with E-state index in [2.05, 4.69) is 10.1 Å². The predicted octanol–water partition coefficient (Wildman–Crippen LogP) is 4.36. The van der Waals surface area contributed by atoms with Crippen molar-refractivity contribution < 1.29 is 22.6 Å². The van der Waals surface area contributed by atoms with Gasteiger partial charge >= 0.3 is 6.18 Å². The van der Waals surface area contributed by atoms with Crippen molar-refractivity contribution in [2.75, 3.05) is 24.6 Å². The molecule has 0 saturated carbocycles. The molecule has 174 valence electrons. The van der Waals surface area contributed by atoms with Crippen molar-refractivity contribution in [1.82, 2.24) is 14.8 Å². The van der Waals surface area contributed by atoms with Gasteiger partial charge in [-0.1, -0.05) is 30.7 Å². The number of anilines is 1. The summed E-state index contributed by atoms with van der Waals surface area (Å²) in [7, 11) is 0. The van der Waals surface area contributed by atoms with E-state index in [0.29, 0.717) is 43.1 Å². The second-order valence-electron chi connectivity index (χ2n) is 7.41. The summed E-state index contributed by atoms with van der Waals surface area (Å²) in [5.41, 5.74) is -1.21. The molecule has 0 radical (unpaired) electrons. The third-order valence-corrected chi connectivity index (χ3v) is 5.37. The van der Waals surface area contributed by atoms with E-state index in [9.17, 15) is 18.0 Å². The molecule has 0 amide bonds. The molecule has 2 aromatic heterocycles. The van der Waals surface area contributed by atoms with Gasteiger partial charge in [0, 0.05) is 12.7 Å². The van der Waals surface area contributed by atoms with E-state index in [4.69, 9.17) is 21.1 Å². The number of fused-ring (bicyclic) bond motifs is 1. The SMILES string of the molecule is CCCN(CC1COc2ccccc2O1)c1cnn(-c2ccc(C(F)(F)F)cn2)c(=O)c1Cl. The molecule has 7 nitrogen and oxygen atoms in total. The van der Waals surface area contributed by atoms with Gasteiger partial charge in [-0.3, -0.25) is 4.79 Å². The molecule has 3 aromatic rings. The lowest BCUT2D eigenvalue weighted by Crippen LogP contribution is -2.42. The Bertz CT molecular complexity index is 1180. The van der Waals surface area contributed by atoms with Crippen LogP contribution < -0.4 is 19.9 Å². The minimum atomic E-state index is -4.53. The maximum atomic E-state index is 12.9. The molecule has 3 heterocycles. The van der Waals surface area contributed by atoms with Crippen LogP contribution in [-0.2, 0) is 6.18 Å². The first-order chi connectivity index (χ1) is 15.8. The monoisotopic (exact) mass is 480 g/mol. The first-order valence-corrected chi connectivity index (χ1v) is 10.6. The molecule has 1 aliphatic heterocycles. The lowest BCUT2D eigenvalue weighted by Gasteiger charge is -2.32. The average molecular weight is 481 g/mol. The third kappa shape index (κ3) is 4.90. The highest BCUT2D eigenvalue weighted by Crippen LogP contribution is 2.32. The van der Waals surface area contributed by atoms with Crippen LogP contribution >= 0.6 is 11.6 Å². The fraction of sp³-hybridized carbons (Fsp3) is 0.318. The van der Waals surface area contributed by atoms with Gasteiger partial charge in [0.1, 0.15) is 11.6 Å². The molecule has 1 atom stereocenters. The zero-order valence-corrected chi connectivity index (χ0v) is 18.3. The Morgan fingerprint density at radius 3 is 2.61 bits per heavy atom. The Morgan fingerprint density at radius 1 is 1.18 bits per heavy atom. The van der Waals surface area contributed by atoms with Crippen molar-refractivity contribution in [3.63, 3.8) is 0 Å². The molecule has 11 heteroatoms. The number of alkyl halides is 3. The standard InChI is InChI=1S/C22H20ClF3N4O3/c1-2-9-29(12-15-13-32-17-5-3-4-6-18(17)33-15)16-11-28-30(21(31)20(16)23)19-8-7-14(10-27-19)22(24,25)26/h3-8,10-11,15H,2,9,12-13H2,1H3. The highest BCUT2D eigenvalue weighted by atomic mass is 35.5. The number of pyridine rings is 1. The normalized spacial score (nSPS) is 15.4. The Labute approximate surface area is 192 Å². The minimum Gasteiger partial charge on any atom is -0.486 e. The van der Waals surface area contributed by atoms with E-state index in [1.54, 1.807) is 0 Å². The topological polar surface area (TPSA) is 69.5 Å². The number of para-hydroxylation sites is 2. The quantitative estimate of drug-likeness (QED) is 0.522. The van der Waals surface area contributed by atoms with Gasteiger partial charge in [0.15, 0.2) is 23.4 Å². The molecular formula is C22H20ClF3N4O3. The van der Waals surface area contributed by atoms with E-state index >= 15 is 0 Å². The third-order valence-electron chi connectivity index (χ3n) is 5.02. The molecule has 0 aliphatic carbocycles. The Kier molecular flexibility index (Phi) is 6.46. The number of halogens is 4. The molecule has 33 heavy (non-hydrogen) atoms. The van der Waals surface area contributed by atoms with E-state index in [1.165, 1.54) is 6.20 Å². The van der Waals surface area contributed by atoms with Crippen LogP contribution in [0.1, 0.15) is 18.9 Å². The van der Waals surface area contributed by atoms with Crippen molar-refractivity contribution in [2.45, 2.75) is 25.6 Å². The van der Waals surface area contributed by atoms with Crippen LogP contribution in [0.4, 0.5) is 18.9 Å². The zero-order valence-electron chi connectivity index (χ0n) is 17.6. The molecule has 0 spiro atoms. The molecule has 0 fully saturated rings. The molecule has 1 aliphatic rings. The Balaban J connectivity index is 1.58. The van der Waals surface area contributed by atoms with Crippen LogP contribution in [0.2, 0.25) is 5.02 Å². The molecule has 0 bridgehead atoms. The average Bonchev–Trinajstić information content (AvgIpc) is 2.80. The number of rotatable bonds is 6. The fourth-order valence-electron chi connectivity index (χ4n) is 3.47. The molecule has 1 aromatic carbocycles. The molecule has 1 unspecified atom stereocenters. The number of nitrogens with zero attached hydrogens (tertiary/aromatic N) is 4. The van der Waals surface area contributed by atoms with Crippen LogP contribution in [0.25, 0.3) is 5.82 Å². The maximum Gasteiger partial charge on any atom is 0.417 e. The van der Waals surface area contributed by atoms with Gasteiger partial charge in [-0.15, -0.1) is 0 Å². The Hall–Kier alpha value is -3.27. The summed E-state index contributed by atoms with van der Waals surface area (Å²) in [6.07, 6.45) is -2.02. The van der Waals surface area contributed by atoms with Gasteiger partial charge in [0.25, 0.3) is 5.56 Å². The largest absolute Gasteiger partial charge is 0.486 e. The van der Waals surface area contributed by atoms with Gasteiger partial charge in [-0.05, 0) is 30.7 Å². The van der Waals surface area contributed by atoms with Crippen LogP contribution in [0.15, 0.2) is 53.6 Å². The van der Waals surface area contributed by atoms with Crippen molar-refractivity contribution in [1.29, 1.82) is 0 Å². The van der Waals surface area contributed by atoms with Gasteiger partial charge in [0.2, 0.25) is 0 Å². The van der Waals surface area contributed by atoms with E-state index < -0.39 is 17.3 Å². The molecule has 0 saturated heterocycles. The van der Waals surface area contributed by atoms with Crippen LogP contribution in [0, 0.1) is 0 Å². The Morgan fingerprint density at radius 2 is 1.94 bits per heavy atom. The first kappa shape index (κ1) is 22.9. The lowest BCUT2D eigenvalue weighted by molar-refractivity contribution is -0.137.